The summed E-state index contributed by atoms with van der Waals surface area (Å²) in [4.78, 5) is 45.8. The average Bonchev–Trinajstić information content (AvgIpc) is 3.73. The third-order valence-electron chi connectivity index (χ3n) is 13.7. The number of hydroxylamine groups is 2. The van der Waals surface area contributed by atoms with Crippen LogP contribution in [0.25, 0.3) is 0 Å². The standard InChI is InChI=1S/C60H116N4O11/c1-4-7-9-11-13-15-17-19-21-23-25-27-29-31-33-44-73-55-62-42-36-47-70-51-60(50-69-46-35-41-61-54-68-6-3,53-72-49-40-59(67)75-64-57(65)38-39-58(64)66)52-71-48-37-43-63-56-74-45-34-32-30-28-26-24-22-20-18-16-14-12-10-8-5-2/h54,62-63H,4-53,55-56H2,1-3H3/b61-54+. The zero-order valence-electron chi connectivity index (χ0n) is 48.7. The van der Waals surface area contributed by atoms with E-state index in [2.05, 4.69) is 29.5 Å². The van der Waals surface area contributed by atoms with Crippen molar-refractivity contribution in [2.75, 3.05) is 106 Å². The van der Waals surface area contributed by atoms with Crippen molar-refractivity contribution in [1.82, 2.24) is 15.7 Å². The van der Waals surface area contributed by atoms with Crippen LogP contribution < -0.4 is 10.6 Å². The SMILES string of the molecule is CCCCCCCCCCCCCCCCCOCNCCCOCC(COCCC/N=C/OCC)(COCCCNCOCCCCCCCCCCCCCCCCC)COCCC(=O)ON1C(=O)CCC1=O. The molecule has 1 heterocycles. The minimum absolute atomic E-state index is 0.0234. The quantitative estimate of drug-likeness (QED) is 0.0195. The van der Waals surface area contributed by atoms with Gasteiger partial charge in [-0.1, -0.05) is 194 Å². The number of hydrogen-bond acceptors (Lipinski definition) is 14. The van der Waals surface area contributed by atoms with Crippen molar-refractivity contribution in [3.8, 4) is 0 Å². The molecule has 0 bridgehead atoms. The summed E-state index contributed by atoms with van der Waals surface area (Å²) in [6, 6.07) is 0. The third-order valence-corrected chi connectivity index (χ3v) is 13.7. The Bertz CT molecular complexity index is 1210. The molecule has 2 N–H and O–H groups in total. The predicted octanol–water partition coefficient (Wildman–Crippen LogP) is 13.1. The molecule has 1 aliphatic heterocycles. The molecular formula is C60H116N4O11. The van der Waals surface area contributed by atoms with E-state index in [0.29, 0.717) is 77.7 Å². The van der Waals surface area contributed by atoms with Crippen molar-refractivity contribution in [2.24, 2.45) is 10.4 Å². The van der Waals surface area contributed by atoms with Crippen LogP contribution in [0.2, 0.25) is 0 Å². The first-order valence-electron chi connectivity index (χ1n) is 31.0. The third kappa shape index (κ3) is 47.5. The zero-order chi connectivity index (χ0) is 54.1. The minimum atomic E-state index is -0.710. The number of ether oxygens (including phenoxy) is 7. The number of carbonyl (C=O) groups is 3. The number of imide groups is 1. The molecule has 0 spiro atoms. The summed E-state index contributed by atoms with van der Waals surface area (Å²) in [6.45, 7) is 14.4. The predicted molar refractivity (Wildman–Crippen MR) is 304 cm³/mol. The Morgan fingerprint density at radius 1 is 0.467 bits per heavy atom. The highest BCUT2D eigenvalue weighted by molar-refractivity contribution is 6.01. The Balaban J connectivity index is 2.44. The Morgan fingerprint density at radius 2 is 0.813 bits per heavy atom. The number of rotatable bonds is 62. The molecule has 1 fully saturated rings. The Hall–Kier alpha value is -2.24. The van der Waals surface area contributed by atoms with E-state index in [9.17, 15) is 14.4 Å². The van der Waals surface area contributed by atoms with Crippen molar-refractivity contribution in [3.63, 3.8) is 0 Å². The van der Waals surface area contributed by atoms with Crippen LogP contribution in [0.5, 0.6) is 0 Å². The fourth-order valence-electron chi connectivity index (χ4n) is 8.99. The molecular weight excluding hydrogens is 953 g/mol. The van der Waals surface area contributed by atoms with Gasteiger partial charge in [0, 0.05) is 52.4 Å². The molecule has 0 radical (unpaired) electrons. The highest BCUT2D eigenvalue weighted by Crippen LogP contribution is 2.22. The Labute approximate surface area is 458 Å². The molecule has 0 saturated carbocycles. The number of hydrogen-bond donors (Lipinski definition) is 2. The van der Waals surface area contributed by atoms with Crippen LogP contribution in [0.3, 0.4) is 0 Å². The molecule has 0 aromatic heterocycles. The van der Waals surface area contributed by atoms with Crippen molar-refractivity contribution < 1.29 is 52.4 Å². The van der Waals surface area contributed by atoms with Gasteiger partial charge in [0.25, 0.3) is 11.8 Å². The summed E-state index contributed by atoms with van der Waals surface area (Å²) in [7, 11) is 0. The largest absolute Gasteiger partial charge is 0.484 e. The zero-order valence-corrected chi connectivity index (χ0v) is 48.7. The first kappa shape index (κ1) is 70.8. The fourth-order valence-corrected chi connectivity index (χ4v) is 8.99. The van der Waals surface area contributed by atoms with Gasteiger partial charge in [0.1, 0.15) is 0 Å². The summed E-state index contributed by atoms with van der Waals surface area (Å²) >= 11 is 0. The van der Waals surface area contributed by atoms with Gasteiger partial charge in [0.05, 0.1) is 64.9 Å². The number of aliphatic imine (C=N–C) groups is 1. The van der Waals surface area contributed by atoms with Crippen LogP contribution in [0.4, 0.5) is 0 Å². The highest BCUT2D eigenvalue weighted by atomic mass is 16.7. The van der Waals surface area contributed by atoms with E-state index in [1.54, 1.807) is 0 Å². The number of amides is 2. The summed E-state index contributed by atoms with van der Waals surface area (Å²) in [5.74, 6) is -1.74. The Morgan fingerprint density at radius 3 is 1.20 bits per heavy atom. The molecule has 1 aliphatic rings. The summed E-state index contributed by atoms with van der Waals surface area (Å²) in [5.41, 5.74) is -0.674. The van der Waals surface area contributed by atoms with Gasteiger partial charge in [0.15, 0.2) is 6.40 Å². The molecule has 0 aromatic carbocycles. The average molecular weight is 1070 g/mol. The molecule has 442 valence electrons. The van der Waals surface area contributed by atoms with Gasteiger partial charge < -0.3 is 38.0 Å². The lowest BCUT2D eigenvalue weighted by Gasteiger charge is -2.33. The monoisotopic (exact) mass is 1070 g/mol. The maximum Gasteiger partial charge on any atom is 0.335 e. The van der Waals surface area contributed by atoms with E-state index < -0.39 is 23.2 Å². The van der Waals surface area contributed by atoms with Crippen LogP contribution in [0, 0.1) is 5.41 Å². The van der Waals surface area contributed by atoms with Crippen LogP contribution in [-0.4, -0.2) is 135 Å². The van der Waals surface area contributed by atoms with E-state index in [-0.39, 0.29) is 32.5 Å². The molecule has 1 rings (SSSR count). The second-order valence-corrected chi connectivity index (χ2v) is 21.0. The van der Waals surface area contributed by atoms with Crippen molar-refractivity contribution in [2.45, 2.75) is 252 Å². The van der Waals surface area contributed by atoms with Gasteiger partial charge in [-0.3, -0.25) is 25.2 Å². The second kappa shape index (κ2) is 56.5. The van der Waals surface area contributed by atoms with E-state index in [4.69, 9.17) is 38.0 Å². The van der Waals surface area contributed by atoms with Gasteiger partial charge in [-0.25, -0.2) is 4.79 Å². The molecule has 0 atom stereocenters. The lowest BCUT2D eigenvalue weighted by Crippen LogP contribution is -2.42. The molecule has 15 heteroatoms. The van der Waals surface area contributed by atoms with E-state index in [1.807, 2.05) is 6.92 Å². The van der Waals surface area contributed by atoms with Crippen LogP contribution >= 0.6 is 0 Å². The van der Waals surface area contributed by atoms with E-state index in [1.165, 1.54) is 186 Å². The normalized spacial score (nSPS) is 13.1. The molecule has 0 unspecified atom stereocenters. The van der Waals surface area contributed by atoms with Crippen LogP contribution in [0.15, 0.2) is 4.99 Å². The lowest BCUT2D eigenvalue weighted by atomic mass is 9.92. The van der Waals surface area contributed by atoms with Gasteiger partial charge in [0.2, 0.25) is 0 Å². The maximum absolute atomic E-state index is 12.5. The topological polar surface area (TPSA) is 165 Å². The first-order valence-corrected chi connectivity index (χ1v) is 31.0. The minimum Gasteiger partial charge on any atom is -0.484 e. The van der Waals surface area contributed by atoms with Crippen LogP contribution in [-0.2, 0) is 52.4 Å². The summed E-state index contributed by atoms with van der Waals surface area (Å²) in [6.07, 6.45) is 44.3. The molecule has 75 heavy (non-hydrogen) atoms. The van der Waals surface area contributed by atoms with Gasteiger partial charge in [-0.05, 0) is 52.1 Å². The highest BCUT2D eigenvalue weighted by Gasteiger charge is 2.34. The van der Waals surface area contributed by atoms with Gasteiger partial charge in [-0.15, -0.1) is 5.06 Å². The first-order chi connectivity index (χ1) is 37.0. The summed E-state index contributed by atoms with van der Waals surface area (Å²) < 4.78 is 41.8. The van der Waals surface area contributed by atoms with E-state index >= 15 is 0 Å². The van der Waals surface area contributed by atoms with E-state index in [0.717, 1.165) is 52.0 Å². The number of nitrogens with one attached hydrogen (secondary N) is 2. The molecule has 0 aliphatic carbocycles. The second-order valence-electron chi connectivity index (χ2n) is 21.0. The van der Waals surface area contributed by atoms with Gasteiger partial charge >= 0.3 is 5.97 Å². The number of nitrogens with zero attached hydrogens (tertiary/aromatic N) is 2. The van der Waals surface area contributed by atoms with Crippen LogP contribution in [0.1, 0.15) is 252 Å². The molecule has 1 saturated heterocycles. The molecule has 0 aromatic rings. The molecule has 2 amide bonds. The lowest BCUT2D eigenvalue weighted by molar-refractivity contribution is -0.198. The van der Waals surface area contributed by atoms with Crippen molar-refractivity contribution >= 4 is 24.2 Å². The number of carbonyl (C=O) groups excluding carboxylic acids is 3. The molecule has 15 nitrogen and oxygen atoms in total. The fraction of sp³-hybridized carbons (Fsp3) is 0.933. The van der Waals surface area contributed by atoms with Crippen molar-refractivity contribution in [1.29, 1.82) is 0 Å². The summed E-state index contributed by atoms with van der Waals surface area (Å²) in [5, 5.41) is 7.32. The van der Waals surface area contributed by atoms with Gasteiger partial charge in [-0.2, -0.15) is 0 Å². The van der Waals surface area contributed by atoms with Crippen molar-refractivity contribution in [3.05, 3.63) is 0 Å². The maximum atomic E-state index is 12.5. The number of unbranched alkanes of at least 4 members (excludes halogenated alkanes) is 28. The smallest absolute Gasteiger partial charge is 0.335 e. The Kier molecular flexibility index (Phi) is 53.3.